The molecule has 33 heavy (non-hydrogen) atoms. The van der Waals surface area contributed by atoms with Crippen molar-refractivity contribution in [2.24, 2.45) is 0 Å². The topological polar surface area (TPSA) is 87.3 Å². The maximum absolute atomic E-state index is 12.6. The summed E-state index contributed by atoms with van der Waals surface area (Å²) in [6.45, 7) is 1.94. The monoisotopic (exact) mass is 440 g/mol. The van der Waals surface area contributed by atoms with E-state index in [0.717, 1.165) is 35.3 Å². The highest BCUT2D eigenvalue weighted by atomic mass is 16.5. The summed E-state index contributed by atoms with van der Waals surface area (Å²) < 4.78 is 5.43. The van der Waals surface area contributed by atoms with E-state index < -0.39 is 0 Å². The Balaban J connectivity index is 1.18. The first-order valence-electron chi connectivity index (χ1n) is 10.9. The number of carbonyl (C=O) groups is 2. The van der Waals surface area contributed by atoms with Crippen molar-refractivity contribution in [1.29, 1.82) is 0 Å². The number of hydrogen-bond donors (Lipinski definition) is 2. The molecule has 3 aromatic carbocycles. The zero-order chi connectivity index (χ0) is 22.8. The van der Waals surface area contributed by atoms with Gasteiger partial charge in [-0.25, -0.2) is 4.98 Å². The van der Waals surface area contributed by atoms with Crippen molar-refractivity contribution in [3.05, 3.63) is 83.7 Å². The lowest BCUT2D eigenvalue weighted by molar-refractivity contribution is -0.123. The van der Waals surface area contributed by atoms with Crippen LogP contribution >= 0.6 is 0 Å². The molecule has 0 saturated heterocycles. The van der Waals surface area contributed by atoms with Crippen molar-refractivity contribution in [3.8, 4) is 5.75 Å². The van der Waals surface area contributed by atoms with Crippen LogP contribution in [-0.4, -0.2) is 34.9 Å². The summed E-state index contributed by atoms with van der Waals surface area (Å²) in [7, 11) is 0. The largest absolute Gasteiger partial charge is 0.482 e. The lowest BCUT2D eigenvalue weighted by Crippen LogP contribution is -2.43. The van der Waals surface area contributed by atoms with Crippen LogP contribution in [0.2, 0.25) is 0 Å². The van der Waals surface area contributed by atoms with Gasteiger partial charge in [-0.1, -0.05) is 30.3 Å². The molecule has 7 nitrogen and oxygen atoms in total. The molecule has 1 aliphatic rings. The zero-order valence-corrected chi connectivity index (χ0v) is 18.3. The van der Waals surface area contributed by atoms with Crippen LogP contribution in [0.5, 0.6) is 5.75 Å². The molecule has 0 saturated carbocycles. The fourth-order valence-electron chi connectivity index (χ4n) is 3.98. The molecule has 0 aliphatic carbocycles. The number of nitrogens with one attached hydrogen (secondary N) is 2. The normalized spacial score (nSPS) is 13.0. The Morgan fingerprint density at radius 2 is 1.91 bits per heavy atom. The molecule has 7 heteroatoms. The molecule has 0 unspecified atom stereocenters. The average Bonchev–Trinajstić information content (AvgIpc) is 3.22. The predicted molar refractivity (Wildman–Crippen MR) is 128 cm³/mol. The summed E-state index contributed by atoms with van der Waals surface area (Å²) in [5.41, 5.74) is 5.70. The molecule has 0 radical (unpaired) electrons. The number of imidazole rings is 1. The fraction of sp³-hybridized carbons (Fsp3) is 0.192. The number of aryl methyl sites for hydroxylation is 3. The predicted octanol–water partition coefficient (Wildman–Crippen LogP) is 4.02. The molecule has 0 spiro atoms. The second-order valence-electron chi connectivity index (χ2n) is 8.19. The zero-order valence-electron chi connectivity index (χ0n) is 18.3. The maximum Gasteiger partial charge on any atom is 0.265 e. The second kappa shape index (κ2) is 8.78. The van der Waals surface area contributed by atoms with Crippen LogP contribution < -0.4 is 15.0 Å². The third-order valence-corrected chi connectivity index (χ3v) is 5.68. The molecule has 4 aromatic rings. The van der Waals surface area contributed by atoms with Crippen molar-refractivity contribution >= 4 is 34.2 Å². The third kappa shape index (κ3) is 4.57. The van der Waals surface area contributed by atoms with Gasteiger partial charge in [0, 0.05) is 12.1 Å². The quantitative estimate of drug-likeness (QED) is 0.474. The van der Waals surface area contributed by atoms with Gasteiger partial charge in [0.25, 0.3) is 5.91 Å². The number of rotatable bonds is 6. The van der Waals surface area contributed by atoms with Gasteiger partial charge in [0.15, 0.2) is 6.61 Å². The van der Waals surface area contributed by atoms with Gasteiger partial charge in [0.1, 0.15) is 18.1 Å². The SMILES string of the molecule is Cc1ccc2nc(CCc3ccc(NC(=O)CN4C(=O)COc5ccccc54)cc3)[nH]c2c1. The van der Waals surface area contributed by atoms with Crippen LogP contribution in [-0.2, 0) is 22.4 Å². The van der Waals surface area contributed by atoms with E-state index in [-0.39, 0.29) is 25.0 Å². The molecule has 2 N–H and O–H groups in total. The molecule has 0 atom stereocenters. The summed E-state index contributed by atoms with van der Waals surface area (Å²) in [6, 6.07) is 21.2. The lowest BCUT2D eigenvalue weighted by Gasteiger charge is -2.28. The Kier molecular flexibility index (Phi) is 5.52. The van der Waals surface area contributed by atoms with Gasteiger partial charge in [0.2, 0.25) is 5.91 Å². The number of aromatic amines is 1. The molecule has 0 bridgehead atoms. The number of anilines is 2. The molecule has 166 valence electrons. The number of aromatic nitrogens is 2. The van der Waals surface area contributed by atoms with Crippen LogP contribution in [0.15, 0.2) is 66.7 Å². The highest BCUT2D eigenvalue weighted by molar-refractivity contribution is 6.04. The number of H-pyrrole nitrogens is 1. The van der Waals surface area contributed by atoms with Crippen molar-refractivity contribution < 1.29 is 14.3 Å². The van der Waals surface area contributed by atoms with E-state index in [1.807, 2.05) is 42.5 Å². The number of hydrogen-bond acceptors (Lipinski definition) is 4. The smallest absolute Gasteiger partial charge is 0.265 e. The first kappa shape index (κ1) is 20.8. The van der Waals surface area contributed by atoms with E-state index in [4.69, 9.17) is 4.74 Å². The van der Waals surface area contributed by atoms with E-state index in [1.165, 1.54) is 10.5 Å². The Hall–Kier alpha value is -4.13. The molecule has 2 amide bonds. The molecule has 1 aromatic heterocycles. The van der Waals surface area contributed by atoms with Gasteiger partial charge in [-0.15, -0.1) is 0 Å². The third-order valence-electron chi connectivity index (χ3n) is 5.68. The Morgan fingerprint density at radius 1 is 1.09 bits per heavy atom. The number of carbonyl (C=O) groups excluding carboxylic acids is 2. The number of ether oxygens (including phenoxy) is 1. The highest BCUT2D eigenvalue weighted by Gasteiger charge is 2.26. The standard InChI is InChI=1S/C26H24N4O3/c1-17-6-12-20-21(14-17)29-24(28-20)13-9-18-7-10-19(11-8-18)27-25(31)15-30-22-4-2-3-5-23(22)33-16-26(30)32/h2-8,10-12,14H,9,13,15-16H2,1H3,(H,27,31)(H,28,29). The van der Waals surface area contributed by atoms with Crippen LogP contribution in [0.3, 0.4) is 0 Å². The number of amides is 2. The molecule has 0 fully saturated rings. The number of benzene rings is 3. The van der Waals surface area contributed by atoms with Crippen molar-refractivity contribution in [3.63, 3.8) is 0 Å². The van der Waals surface area contributed by atoms with Crippen molar-refractivity contribution in [2.75, 3.05) is 23.4 Å². The van der Waals surface area contributed by atoms with Gasteiger partial charge in [0.05, 0.1) is 16.7 Å². The summed E-state index contributed by atoms with van der Waals surface area (Å²) in [5, 5.41) is 2.87. The van der Waals surface area contributed by atoms with Gasteiger partial charge in [-0.2, -0.15) is 0 Å². The first-order valence-corrected chi connectivity index (χ1v) is 10.9. The first-order chi connectivity index (χ1) is 16.0. The van der Waals surface area contributed by atoms with Crippen LogP contribution in [0.4, 0.5) is 11.4 Å². The van der Waals surface area contributed by atoms with E-state index >= 15 is 0 Å². The fourth-order valence-corrected chi connectivity index (χ4v) is 3.98. The van der Waals surface area contributed by atoms with E-state index in [1.54, 1.807) is 12.1 Å². The average molecular weight is 441 g/mol. The summed E-state index contributed by atoms with van der Waals surface area (Å²) in [6.07, 6.45) is 1.64. The minimum atomic E-state index is -0.259. The summed E-state index contributed by atoms with van der Waals surface area (Å²) >= 11 is 0. The Labute approximate surface area is 191 Å². The minimum Gasteiger partial charge on any atom is -0.482 e. The molecule has 5 rings (SSSR count). The summed E-state index contributed by atoms with van der Waals surface area (Å²) in [4.78, 5) is 34.3. The Bertz CT molecular complexity index is 1330. The Morgan fingerprint density at radius 3 is 2.76 bits per heavy atom. The molecular weight excluding hydrogens is 416 g/mol. The van der Waals surface area contributed by atoms with E-state index in [2.05, 4.69) is 34.3 Å². The van der Waals surface area contributed by atoms with Gasteiger partial charge in [-0.05, 0) is 60.9 Å². The van der Waals surface area contributed by atoms with Crippen LogP contribution in [0, 0.1) is 6.92 Å². The second-order valence-corrected chi connectivity index (χ2v) is 8.19. The minimum absolute atomic E-state index is 0.0630. The number of nitrogens with zero attached hydrogens (tertiary/aromatic N) is 2. The van der Waals surface area contributed by atoms with Crippen LogP contribution in [0.1, 0.15) is 17.0 Å². The van der Waals surface area contributed by atoms with Crippen molar-refractivity contribution in [1.82, 2.24) is 9.97 Å². The maximum atomic E-state index is 12.6. The number of para-hydroxylation sites is 2. The lowest BCUT2D eigenvalue weighted by atomic mass is 10.1. The number of fused-ring (bicyclic) bond motifs is 2. The van der Waals surface area contributed by atoms with Crippen LogP contribution in [0.25, 0.3) is 11.0 Å². The highest BCUT2D eigenvalue weighted by Crippen LogP contribution is 2.31. The van der Waals surface area contributed by atoms with Gasteiger partial charge >= 0.3 is 0 Å². The molecule has 1 aliphatic heterocycles. The molecular formula is C26H24N4O3. The molecule has 2 heterocycles. The summed E-state index contributed by atoms with van der Waals surface area (Å²) in [5.74, 6) is 1.07. The van der Waals surface area contributed by atoms with Gasteiger partial charge < -0.3 is 15.0 Å². The van der Waals surface area contributed by atoms with E-state index in [9.17, 15) is 9.59 Å². The van der Waals surface area contributed by atoms with E-state index in [0.29, 0.717) is 17.1 Å². The van der Waals surface area contributed by atoms with Crippen molar-refractivity contribution in [2.45, 2.75) is 19.8 Å². The van der Waals surface area contributed by atoms with Gasteiger partial charge in [-0.3, -0.25) is 14.5 Å².